The van der Waals surface area contributed by atoms with Gasteiger partial charge in [0.1, 0.15) is 0 Å². The molecule has 0 spiro atoms. The molecule has 0 fully saturated rings. The van der Waals surface area contributed by atoms with Crippen LogP contribution in [0.15, 0.2) is 36.5 Å². The fourth-order valence-electron chi connectivity index (χ4n) is 3.45. The van der Waals surface area contributed by atoms with Gasteiger partial charge in [0.05, 0.1) is 17.6 Å². The molecule has 3 aromatic heterocycles. The zero-order valence-electron chi connectivity index (χ0n) is 15.6. The number of halogens is 1. The van der Waals surface area contributed by atoms with E-state index < -0.39 is 5.97 Å². The van der Waals surface area contributed by atoms with Crippen LogP contribution in [0.2, 0.25) is 5.02 Å². The molecule has 0 aliphatic rings. The number of aromatic carboxylic acids is 1. The minimum atomic E-state index is -1.07. The Morgan fingerprint density at radius 2 is 1.93 bits per heavy atom. The van der Waals surface area contributed by atoms with E-state index in [2.05, 4.69) is 10.2 Å². The van der Waals surface area contributed by atoms with Gasteiger partial charge in [0.15, 0.2) is 11.3 Å². The van der Waals surface area contributed by atoms with Crippen molar-refractivity contribution in [2.45, 2.75) is 27.3 Å². The third kappa shape index (κ3) is 2.84. The van der Waals surface area contributed by atoms with Gasteiger partial charge in [-0.25, -0.2) is 14.3 Å². The zero-order chi connectivity index (χ0) is 20.0. The Hall–Kier alpha value is -3.19. The van der Waals surface area contributed by atoms with Gasteiger partial charge in [0.25, 0.3) is 0 Å². The number of hydrogen-bond donors (Lipinski definition) is 1. The first-order valence-electron chi connectivity index (χ1n) is 8.83. The Kier molecular flexibility index (Phi) is 4.39. The summed E-state index contributed by atoms with van der Waals surface area (Å²) < 4.78 is 3.23. The highest BCUT2D eigenvalue weighted by atomic mass is 35.5. The Morgan fingerprint density at radius 3 is 2.54 bits per heavy atom. The quantitative estimate of drug-likeness (QED) is 0.558. The standard InChI is InChI=1S/C20H18ClN5O2/c1-4-25-12(3)18(11(2)24-25)16-9-17(20(27)28)26-19(23-16)15(10-22-26)13-5-7-14(21)8-6-13/h5-10H,4H2,1-3H3,(H,27,28). The van der Waals surface area contributed by atoms with Gasteiger partial charge < -0.3 is 5.11 Å². The van der Waals surface area contributed by atoms with E-state index in [-0.39, 0.29) is 5.69 Å². The van der Waals surface area contributed by atoms with E-state index in [1.807, 2.05) is 37.6 Å². The molecule has 0 aliphatic heterocycles. The van der Waals surface area contributed by atoms with Crippen LogP contribution in [0, 0.1) is 13.8 Å². The van der Waals surface area contributed by atoms with Crippen LogP contribution in [0.25, 0.3) is 28.0 Å². The first-order valence-corrected chi connectivity index (χ1v) is 9.21. The second-order valence-corrected chi connectivity index (χ2v) is 6.93. The third-order valence-corrected chi connectivity index (χ3v) is 5.04. The highest BCUT2D eigenvalue weighted by Crippen LogP contribution is 2.30. The minimum Gasteiger partial charge on any atom is -0.477 e. The van der Waals surface area contributed by atoms with Crippen LogP contribution in [0.3, 0.4) is 0 Å². The molecule has 0 saturated carbocycles. The molecule has 0 radical (unpaired) electrons. The van der Waals surface area contributed by atoms with Crippen molar-refractivity contribution < 1.29 is 9.90 Å². The second kappa shape index (κ2) is 6.76. The molecular weight excluding hydrogens is 378 g/mol. The Bertz CT molecular complexity index is 1210. The molecule has 7 nitrogen and oxygen atoms in total. The number of carboxylic acids is 1. The third-order valence-electron chi connectivity index (χ3n) is 4.78. The van der Waals surface area contributed by atoms with Crippen LogP contribution >= 0.6 is 11.6 Å². The van der Waals surface area contributed by atoms with Crippen molar-refractivity contribution in [2.24, 2.45) is 0 Å². The highest BCUT2D eigenvalue weighted by Gasteiger charge is 2.21. The molecule has 142 valence electrons. The predicted octanol–water partition coefficient (Wildman–Crippen LogP) is 4.25. The maximum Gasteiger partial charge on any atom is 0.354 e. The van der Waals surface area contributed by atoms with Gasteiger partial charge in [0, 0.05) is 28.4 Å². The normalized spacial score (nSPS) is 11.3. The van der Waals surface area contributed by atoms with Gasteiger partial charge in [-0.15, -0.1) is 0 Å². The fourth-order valence-corrected chi connectivity index (χ4v) is 3.58. The maximum atomic E-state index is 11.9. The van der Waals surface area contributed by atoms with Crippen LogP contribution in [0.1, 0.15) is 28.8 Å². The summed E-state index contributed by atoms with van der Waals surface area (Å²) in [5.41, 5.74) is 5.27. The van der Waals surface area contributed by atoms with Crippen LogP contribution in [0.4, 0.5) is 0 Å². The summed E-state index contributed by atoms with van der Waals surface area (Å²) in [6.45, 7) is 6.60. The lowest BCUT2D eigenvalue weighted by molar-refractivity contribution is 0.0687. The van der Waals surface area contributed by atoms with Crippen molar-refractivity contribution in [3.63, 3.8) is 0 Å². The van der Waals surface area contributed by atoms with E-state index in [1.54, 1.807) is 24.4 Å². The number of benzene rings is 1. The number of carboxylic acid groups (broad SMARTS) is 1. The molecule has 28 heavy (non-hydrogen) atoms. The van der Waals surface area contributed by atoms with E-state index in [9.17, 15) is 9.90 Å². The Balaban J connectivity index is 2.01. The van der Waals surface area contributed by atoms with E-state index in [1.165, 1.54) is 4.52 Å². The molecule has 4 aromatic rings. The van der Waals surface area contributed by atoms with Gasteiger partial charge in [-0.2, -0.15) is 10.2 Å². The summed E-state index contributed by atoms with van der Waals surface area (Å²) in [4.78, 5) is 16.7. The lowest BCUT2D eigenvalue weighted by Gasteiger charge is -2.07. The number of nitrogens with zero attached hydrogens (tertiary/aromatic N) is 5. The molecule has 0 amide bonds. The van der Waals surface area contributed by atoms with Crippen molar-refractivity contribution in [3.8, 4) is 22.4 Å². The van der Waals surface area contributed by atoms with Gasteiger partial charge >= 0.3 is 5.97 Å². The molecule has 1 aromatic carbocycles. The van der Waals surface area contributed by atoms with Crippen LogP contribution in [-0.2, 0) is 6.54 Å². The number of aryl methyl sites for hydroxylation is 2. The Morgan fingerprint density at radius 1 is 1.21 bits per heavy atom. The fraction of sp³-hybridized carbons (Fsp3) is 0.200. The molecule has 4 rings (SSSR count). The van der Waals surface area contributed by atoms with Crippen LogP contribution in [-0.4, -0.2) is 35.5 Å². The van der Waals surface area contributed by atoms with Crippen molar-refractivity contribution >= 4 is 23.2 Å². The Labute approximate surface area is 166 Å². The molecule has 0 atom stereocenters. The van der Waals surface area contributed by atoms with E-state index in [0.717, 1.165) is 34.6 Å². The molecule has 0 aliphatic carbocycles. The molecular formula is C20H18ClN5O2. The van der Waals surface area contributed by atoms with Crippen molar-refractivity contribution in [2.75, 3.05) is 0 Å². The van der Waals surface area contributed by atoms with Crippen molar-refractivity contribution in [3.05, 3.63) is 58.6 Å². The number of aromatic nitrogens is 5. The molecule has 3 heterocycles. The van der Waals surface area contributed by atoms with Gasteiger partial charge in [-0.3, -0.25) is 4.68 Å². The average Bonchev–Trinajstić information content (AvgIpc) is 3.21. The SMILES string of the molecule is CCn1nc(C)c(-c2cc(C(=O)O)n3ncc(-c4ccc(Cl)cc4)c3n2)c1C. The van der Waals surface area contributed by atoms with Gasteiger partial charge in [-0.05, 0) is 44.5 Å². The molecule has 0 saturated heterocycles. The van der Waals surface area contributed by atoms with Crippen LogP contribution < -0.4 is 0 Å². The number of hydrogen-bond acceptors (Lipinski definition) is 4. The second-order valence-electron chi connectivity index (χ2n) is 6.49. The summed E-state index contributed by atoms with van der Waals surface area (Å²) in [5, 5.41) is 19.1. The summed E-state index contributed by atoms with van der Waals surface area (Å²) in [6.07, 6.45) is 1.62. The topological polar surface area (TPSA) is 85.3 Å². The predicted molar refractivity (Wildman–Crippen MR) is 107 cm³/mol. The summed E-state index contributed by atoms with van der Waals surface area (Å²) >= 11 is 5.99. The largest absolute Gasteiger partial charge is 0.477 e. The number of carbonyl (C=O) groups is 1. The minimum absolute atomic E-state index is 0.0447. The number of rotatable bonds is 4. The van der Waals surface area contributed by atoms with Gasteiger partial charge in [0.2, 0.25) is 0 Å². The van der Waals surface area contributed by atoms with E-state index in [0.29, 0.717) is 16.4 Å². The summed E-state index contributed by atoms with van der Waals surface area (Å²) in [6, 6.07) is 8.83. The molecule has 0 unspecified atom stereocenters. The first-order chi connectivity index (χ1) is 13.4. The first kappa shape index (κ1) is 18.2. The summed E-state index contributed by atoms with van der Waals surface area (Å²) in [5.74, 6) is -1.07. The van der Waals surface area contributed by atoms with E-state index in [4.69, 9.17) is 16.6 Å². The van der Waals surface area contributed by atoms with Crippen molar-refractivity contribution in [1.82, 2.24) is 24.4 Å². The maximum absolute atomic E-state index is 11.9. The molecule has 1 N–H and O–H groups in total. The lowest BCUT2D eigenvalue weighted by atomic mass is 10.1. The summed E-state index contributed by atoms with van der Waals surface area (Å²) in [7, 11) is 0. The monoisotopic (exact) mass is 395 g/mol. The zero-order valence-corrected chi connectivity index (χ0v) is 16.4. The van der Waals surface area contributed by atoms with Crippen molar-refractivity contribution in [1.29, 1.82) is 0 Å². The highest BCUT2D eigenvalue weighted by molar-refractivity contribution is 6.30. The lowest BCUT2D eigenvalue weighted by Crippen LogP contribution is -2.08. The molecule has 0 bridgehead atoms. The van der Waals surface area contributed by atoms with Crippen LogP contribution in [0.5, 0.6) is 0 Å². The van der Waals surface area contributed by atoms with E-state index >= 15 is 0 Å². The number of fused-ring (bicyclic) bond motifs is 1. The average molecular weight is 396 g/mol. The van der Waals surface area contributed by atoms with Gasteiger partial charge in [-0.1, -0.05) is 23.7 Å². The smallest absolute Gasteiger partial charge is 0.354 e. The molecule has 8 heteroatoms.